The maximum absolute atomic E-state index is 11.1. The molecule has 3 heteroatoms. The summed E-state index contributed by atoms with van der Waals surface area (Å²) in [5.41, 5.74) is 2.22. The third-order valence-electron chi connectivity index (χ3n) is 3.36. The highest BCUT2D eigenvalue weighted by Crippen LogP contribution is 2.24. The molecule has 0 saturated heterocycles. The fourth-order valence-electron chi connectivity index (χ4n) is 2.35. The first kappa shape index (κ1) is 14.3. The van der Waals surface area contributed by atoms with Crippen molar-refractivity contribution in [3.8, 4) is 0 Å². The van der Waals surface area contributed by atoms with Gasteiger partial charge in [0.25, 0.3) is 0 Å². The molecule has 0 aliphatic heterocycles. The Labute approximate surface area is 119 Å². The van der Waals surface area contributed by atoms with E-state index in [0.29, 0.717) is 0 Å². The van der Waals surface area contributed by atoms with Crippen molar-refractivity contribution < 1.29 is 9.90 Å². The quantitative estimate of drug-likeness (QED) is 0.874. The van der Waals surface area contributed by atoms with E-state index in [-0.39, 0.29) is 12.5 Å². The van der Waals surface area contributed by atoms with E-state index in [1.807, 2.05) is 55.6 Å². The number of rotatable bonds is 6. The molecule has 0 saturated carbocycles. The van der Waals surface area contributed by atoms with Crippen LogP contribution in [0.25, 0.3) is 0 Å². The summed E-state index contributed by atoms with van der Waals surface area (Å²) in [4.78, 5) is 13.2. The molecule has 104 valence electrons. The van der Waals surface area contributed by atoms with Crippen molar-refractivity contribution >= 4 is 5.97 Å². The molecule has 0 amide bonds. The summed E-state index contributed by atoms with van der Waals surface area (Å²) in [6, 6.07) is 19.8. The summed E-state index contributed by atoms with van der Waals surface area (Å²) in [6.07, 6.45) is 0.105. The molecule has 0 heterocycles. The Hall–Kier alpha value is -2.13. The molecule has 2 rings (SSSR count). The highest BCUT2D eigenvalue weighted by Gasteiger charge is 2.20. The van der Waals surface area contributed by atoms with Gasteiger partial charge in [-0.1, -0.05) is 60.7 Å². The van der Waals surface area contributed by atoms with Crippen LogP contribution in [0.5, 0.6) is 0 Å². The van der Waals surface area contributed by atoms with Crippen LogP contribution in [0.3, 0.4) is 0 Å². The summed E-state index contributed by atoms with van der Waals surface area (Å²) in [7, 11) is 1.97. The number of hydrogen-bond donors (Lipinski definition) is 1. The predicted octanol–water partition coefficient (Wildman–Crippen LogP) is 3.33. The maximum Gasteiger partial charge on any atom is 0.305 e. The minimum absolute atomic E-state index is 0.105. The van der Waals surface area contributed by atoms with Crippen molar-refractivity contribution in [3.63, 3.8) is 0 Å². The van der Waals surface area contributed by atoms with Gasteiger partial charge in [-0.15, -0.1) is 0 Å². The van der Waals surface area contributed by atoms with Crippen LogP contribution in [-0.4, -0.2) is 23.0 Å². The van der Waals surface area contributed by atoms with Crippen molar-refractivity contribution in [2.75, 3.05) is 7.05 Å². The number of carboxylic acid groups (broad SMARTS) is 1. The number of aliphatic carboxylic acids is 1. The first-order chi connectivity index (χ1) is 9.66. The predicted molar refractivity (Wildman–Crippen MR) is 79.3 cm³/mol. The second kappa shape index (κ2) is 6.87. The van der Waals surface area contributed by atoms with E-state index in [0.717, 1.165) is 12.1 Å². The molecule has 1 unspecified atom stereocenters. The molecular weight excluding hydrogens is 250 g/mol. The van der Waals surface area contributed by atoms with Crippen LogP contribution in [0, 0.1) is 0 Å². The smallest absolute Gasteiger partial charge is 0.305 e. The van der Waals surface area contributed by atoms with E-state index in [2.05, 4.69) is 17.0 Å². The van der Waals surface area contributed by atoms with Crippen LogP contribution < -0.4 is 0 Å². The normalized spacial score (nSPS) is 12.3. The molecular formula is C17H19NO2. The highest BCUT2D eigenvalue weighted by molar-refractivity contribution is 5.67. The van der Waals surface area contributed by atoms with E-state index in [9.17, 15) is 4.79 Å². The number of carbonyl (C=O) groups is 1. The molecule has 0 bridgehead atoms. The molecule has 0 radical (unpaired) electrons. The van der Waals surface area contributed by atoms with E-state index in [1.165, 1.54) is 5.56 Å². The lowest BCUT2D eigenvalue weighted by molar-refractivity contribution is -0.138. The van der Waals surface area contributed by atoms with Crippen LogP contribution in [-0.2, 0) is 11.3 Å². The zero-order chi connectivity index (χ0) is 14.4. The monoisotopic (exact) mass is 269 g/mol. The molecule has 0 aliphatic carbocycles. The van der Waals surface area contributed by atoms with Gasteiger partial charge in [-0.25, -0.2) is 0 Å². The van der Waals surface area contributed by atoms with Crippen LogP contribution in [0.2, 0.25) is 0 Å². The van der Waals surface area contributed by atoms with Gasteiger partial charge in [-0.2, -0.15) is 0 Å². The van der Waals surface area contributed by atoms with Crippen LogP contribution >= 0.6 is 0 Å². The summed E-state index contributed by atoms with van der Waals surface area (Å²) >= 11 is 0. The van der Waals surface area contributed by atoms with Crippen molar-refractivity contribution in [3.05, 3.63) is 71.8 Å². The Morgan fingerprint density at radius 1 is 1.05 bits per heavy atom. The third kappa shape index (κ3) is 3.93. The molecule has 0 fully saturated rings. The Balaban J connectivity index is 2.16. The van der Waals surface area contributed by atoms with Crippen molar-refractivity contribution in [2.24, 2.45) is 0 Å². The van der Waals surface area contributed by atoms with Crippen molar-refractivity contribution in [1.82, 2.24) is 4.90 Å². The molecule has 1 atom stereocenters. The fraction of sp³-hybridized carbons (Fsp3) is 0.235. The summed E-state index contributed by atoms with van der Waals surface area (Å²) in [6.45, 7) is 0.730. The van der Waals surface area contributed by atoms with Gasteiger partial charge < -0.3 is 5.11 Å². The van der Waals surface area contributed by atoms with Gasteiger partial charge in [0.05, 0.1) is 6.42 Å². The fourth-order valence-corrected chi connectivity index (χ4v) is 2.35. The van der Waals surface area contributed by atoms with Gasteiger partial charge in [0, 0.05) is 12.6 Å². The summed E-state index contributed by atoms with van der Waals surface area (Å²) < 4.78 is 0. The molecule has 1 N–H and O–H groups in total. The minimum Gasteiger partial charge on any atom is -0.481 e. The van der Waals surface area contributed by atoms with Crippen LogP contribution in [0.1, 0.15) is 23.6 Å². The van der Waals surface area contributed by atoms with Gasteiger partial charge in [-0.05, 0) is 18.2 Å². The molecule has 20 heavy (non-hydrogen) atoms. The van der Waals surface area contributed by atoms with Crippen molar-refractivity contribution in [2.45, 2.75) is 19.0 Å². The van der Waals surface area contributed by atoms with E-state index in [4.69, 9.17) is 5.11 Å². The second-order valence-corrected chi connectivity index (χ2v) is 4.93. The lowest BCUT2D eigenvalue weighted by atomic mass is 10.0. The van der Waals surface area contributed by atoms with Crippen LogP contribution in [0.15, 0.2) is 60.7 Å². The standard InChI is InChI=1S/C17H19NO2/c1-18(13-14-8-4-2-5-9-14)16(12-17(19)20)15-10-6-3-7-11-15/h2-11,16H,12-13H2,1H3,(H,19,20). The first-order valence-electron chi connectivity index (χ1n) is 6.67. The summed E-state index contributed by atoms with van der Waals surface area (Å²) in [5.74, 6) is -0.779. The molecule has 0 aromatic heterocycles. The van der Waals surface area contributed by atoms with Gasteiger partial charge in [0.1, 0.15) is 0 Å². The molecule has 0 spiro atoms. The van der Waals surface area contributed by atoms with Gasteiger partial charge >= 0.3 is 5.97 Å². The topological polar surface area (TPSA) is 40.5 Å². The number of carboxylic acids is 1. The highest BCUT2D eigenvalue weighted by atomic mass is 16.4. The SMILES string of the molecule is CN(Cc1ccccc1)C(CC(=O)O)c1ccccc1. The number of benzene rings is 2. The molecule has 0 aliphatic rings. The average molecular weight is 269 g/mol. The van der Waals surface area contributed by atoms with Gasteiger partial charge in [0.2, 0.25) is 0 Å². The Morgan fingerprint density at radius 3 is 2.15 bits per heavy atom. The van der Waals surface area contributed by atoms with E-state index < -0.39 is 5.97 Å². The Kier molecular flexibility index (Phi) is 4.91. The van der Waals surface area contributed by atoms with Gasteiger partial charge in [0.15, 0.2) is 0 Å². The lowest BCUT2D eigenvalue weighted by Crippen LogP contribution is -2.26. The minimum atomic E-state index is -0.779. The summed E-state index contributed by atoms with van der Waals surface area (Å²) in [5, 5.41) is 9.13. The largest absolute Gasteiger partial charge is 0.481 e. The van der Waals surface area contributed by atoms with Gasteiger partial charge in [-0.3, -0.25) is 9.69 Å². The third-order valence-corrected chi connectivity index (χ3v) is 3.36. The van der Waals surface area contributed by atoms with Crippen molar-refractivity contribution in [1.29, 1.82) is 0 Å². The lowest BCUT2D eigenvalue weighted by Gasteiger charge is -2.27. The Morgan fingerprint density at radius 2 is 1.60 bits per heavy atom. The average Bonchev–Trinajstić information content (AvgIpc) is 2.46. The maximum atomic E-state index is 11.1. The number of nitrogens with zero attached hydrogens (tertiary/aromatic N) is 1. The molecule has 3 nitrogen and oxygen atoms in total. The zero-order valence-electron chi connectivity index (χ0n) is 11.6. The molecule has 2 aromatic carbocycles. The first-order valence-corrected chi connectivity index (χ1v) is 6.67. The second-order valence-electron chi connectivity index (χ2n) is 4.93. The van der Waals surface area contributed by atoms with E-state index in [1.54, 1.807) is 0 Å². The van der Waals surface area contributed by atoms with Crippen LogP contribution in [0.4, 0.5) is 0 Å². The Bertz CT molecular complexity index is 539. The molecule has 2 aromatic rings. The zero-order valence-corrected chi connectivity index (χ0v) is 11.6. The number of hydrogen-bond acceptors (Lipinski definition) is 2. The van der Waals surface area contributed by atoms with E-state index >= 15 is 0 Å².